The molecule has 1 N–H and O–H groups in total. The van der Waals surface area contributed by atoms with Crippen molar-refractivity contribution in [2.24, 2.45) is 11.8 Å². The van der Waals surface area contributed by atoms with Gasteiger partial charge in [0.1, 0.15) is 0 Å². The lowest BCUT2D eigenvalue weighted by Gasteiger charge is -2.34. The Hall–Kier alpha value is -2.11. The summed E-state index contributed by atoms with van der Waals surface area (Å²) in [6.45, 7) is 2.79. The number of amides is 1. The minimum atomic E-state index is -0.855. The van der Waals surface area contributed by atoms with Crippen molar-refractivity contribution in [1.29, 1.82) is 0 Å². The minimum absolute atomic E-state index is 0.0842. The number of hydrogen-bond acceptors (Lipinski definition) is 3. The molecule has 1 saturated heterocycles. The van der Waals surface area contributed by atoms with Crippen LogP contribution in [0.3, 0.4) is 0 Å². The van der Waals surface area contributed by atoms with Gasteiger partial charge in [-0.25, -0.2) is 4.39 Å². The SMILES string of the molecule is COc1ccc(CCC(=O)N2CC(C)CC(C(=O)O)C2)cc1F. The summed E-state index contributed by atoms with van der Waals surface area (Å²) in [4.78, 5) is 25.1. The maximum Gasteiger partial charge on any atom is 0.308 e. The summed E-state index contributed by atoms with van der Waals surface area (Å²) in [6.07, 6.45) is 1.26. The van der Waals surface area contributed by atoms with Crippen LogP contribution in [-0.4, -0.2) is 42.1 Å². The third-order valence-corrected chi connectivity index (χ3v) is 4.21. The van der Waals surface area contributed by atoms with Crippen molar-refractivity contribution in [2.75, 3.05) is 20.2 Å². The number of carboxylic acid groups (broad SMARTS) is 1. The number of carbonyl (C=O) groups is 2. The first-order chi connectivity index (χ1) is 10.9. The first-order valence-electron chi connectivity index (χ1n) is 7.73. The average Bonchev–Trinajstić information content (AvgIpc) is 2.52. The molecule has 1 aliphatic heterocycles. The van der Waals surface area contributed by atoms with Crippen LogP contribution in [0.5, 0.6) is 5.75 Å². The molecule has 23 heavy (non-hydrogen) atoms. The van der Waals surface area contributed by atoms with Crippen molar-refractivity contribution >= 4 is 11.9 Å². The number of rotatable bonds is 5. The number of nitrogens with zero attached hydrogens (tertiary/aromatic N) is 1. The van der Waals surface area contributed by atoms with E-state index in [-0.39, 0.29) is 30.5 Å². The van der Waals surface area contributed by atoms with Crippen LogP contribution >= 0.6 is 0 Å². The van der Waals surface area contributed by atoms with Crippen molar-refractivity contribution in [1.82, 2.24) is 4.90 Å². The van der Waals surface area contributed by atoms with Gasteiger partial charge >= 0.3 is 5.97 Å². The molecule has 0 aliphatic carbocycles. The third kappa shape index (κ3) is 4.43. The van der Waals surface area contributed by atoms with E-state index < -0.39 is 17.7 Å². The lowest BCUT2D eigenvalue weighted by molar-refractivity contribution is -0.146. The van der Waals surface area contributed by atoms with Crippen LogP contribution in [0.25, 0.3) is 0 Å². The van der Waals surface area contributed by atoms with Crippen LogP contribution in [0.4, 0.5) is 4.39 Å². The van der Waals surface area contributed by atoms with Gasteiger partial charge in [-0.15, -0.1) is 0 Å². The second kappa shape index (κ2) is 7.44. The number of hydrogen-bond donors (Lipinski definition) is 1. The molecule has 0 spiro atoms. The maximum absolute atomic E-state index is 13.6. The summed E-state index contributed by atoms with van der Waals surface area (Å²) in [5.74, 6) is -1.54. The summed E-state index contributed by atoms with van der Waals surface area (Å²) in [6, 6.07) is 4.64. The van der Waals surface area contributed by atoms with E-state index in [9.17, 15) is 14.0 Å². The molecule has 1 aromatic carbocycles. The molecule has 0 aromatic heterocycles. The van der Waals surface area contributed by atoms with E-state index in [1.165, 1.54) is 13.2 Å². The van der Waals surface area contributed by atoms with E-state index in [4.69, 9.17) is 9.84 Å². The van der Waals surface area contributed by atoms with E-state index >= 15 is 0 Å². The molecule has 2 rings (SSSR count). The van der Waals surface area contributed by atoms with Gasteiger partial charge in [0.15, 0.2) is 11.6 Å². The molecule has 1 aliphatic rings. The second-order valence-electron chi connectivity index (χ2n) is 6.14. The smallest absolute Gasteiger partial charge is 0.308 e. The predicted octanol–water partition coefficient (Wildman–Crippen LogP) is 2.34. The molecule has 0 saturated carbocycles. The highest BCUT2D eigenvalue weighted by Crippen LogP contribution is 2.23. The first kappa shape index (κ1) is 17.2. The van der Waals surface area contributed by atoms with E-state index in [1.54, 1.807) is 17.0 Å². The monoisotopic (exact) mass is 323 g/mol. The lowest BCUT2D eigenvalue weighted by Crippen LogP contribution is -2.45. The van der Waals surface area contributed by atoms with Crippen LogP contribution in [0, 0.1) is 17.7 Å². The van der Waals surface area contributed by atoms with E-state index in [2.05, 4.69) is 0 Å². The van der Waals surface area contributed by atoms with Crippen LogP contribution in [0.15, 0.2) is 18.2 Å². The lowest BCUT2D eigenvalue weighted by atomic mass is 9.90. The third-order valence-electron chi connectivity index (χ3n) is 4.21. The van der Waals surface area contributed by atoms with Crippen molar-refractivity contribution in [2.45, 2.75) is 26.2 Å². The first-order valence-corrected chi connectivity index (χ1v) is 7.73. The average molecular weight is 323 g/mol. The number of benzene rings is 1. The molecule has 1 fully saturated rings. The fourth-order valence-electron chi connectivity index (χ4n) is 3.01. The Morgan fingerprint density at radius 2 is 2.13 bits per heavy atom. The molecule has 0 radical (unpaired) electrons. The number of aliphatic carboxylic acids is 1. The van der Waals surface area contributed by atoms with Gasteiger partial charge in [-0.3, -0.25) is 9.59 Å². The highest BCUT2D eigenvalue weighted by Gasteiger charge is 2.31. The molecule has 0 bridgehead atoms. The molecule has 126 valence electrons. The summed E-state index contributed by atoms with van der Waals surface area (Å²) in [5.41, 5.74) is 0.719. The van der Waals surface area contributed by atoms with Crippen molar-refractivity contribution in [3.8, 4) is 5.75 Å². The molecule has 2 unspecified atom stereocenters. The van der Waals surface area contributed by atoms with Gasteiger partial charge in [0, 0.05) is 19.5 Å². The quantitative estimate of drug-likeness (QED) is 0.903. The van der Waals surface area contributed by atoms with Gasteiger partial charge in [-0.1, -0.05) is 13.0 Å². The largest absolute Gasteiger partial charge is 0.494 e. The molecule has 5 nitrogen and oxygen atoms in total. The number of halogens is 1. The molecular formula is C17H22FNO4. The summed E-state index contributed by atoms with van der Waals surface area (Å²) in [7, 11) is 1.40. The van der Waals surface area contributed by atoms with Crippen molar-refractivity contribution in [3.05, 3.63) is 29.6 Å². The highest BCUT2D eigenvalue weighted by molar-refractivity contribution is 5.78. The van der Waals surface area contributed by atoms with E-state index in [0.29, 0.717) is 19.4 Å². The Kier molecular flexibility index (Phi) is 5.58. The summed E-state index contributed by atoms with van der Waals surface area (Å²) < 4.78 is 18.5. The summed E-state index contributed by atoms with van der Waals surface area (Å²) in [5, 5.41) is 9.15. The number of methoxy groups -OCH3 is 1. The highest BCUT2D eigenvalue weighted by atomic mass is 19.1. The molecular weight excluding hydrogens is 301 g/mol. The van der Waals surface area contributed by atoms with Crippen LogP contribution in [-0.2, 0) is 16.0 Å². The Labute approximate surface area is 135 Å². The number of ether oxygens (including phenoxy) is 1. The van der Waals surface area contributed by atoms with Gasteiger partial charge in [0.2, 0.25) is 5.91 Å². The van der Waals surface area contributed by atoms with Gasteiger partial charge in [0.05, 0.1) is 13.0 Å². The fourth-order valence-corrected chi connectivity index (χ4v) is 3.01. The Morgan fingerprint density at radius 3 is 2.74 bits per heavy atom. The van der Waals surface area contributed by atoms with Gasteiger partial charge < -0.3 is 14.7 Å². The van der Waals surface area contributed by atoms with Gasteiger partial charge in [-0.2, -0.15) is 0 Å². The molecule has 1 heterocycles. The van der Waals surface area contributed by atoms with Gasteiger partial charge in [-0.05, 0) is 36.5 Å². The molecule has 1 aromatic rings. The minimum Gasteiger partial charge on any atom is -0.494 e. The zero-order valence-corrected chi connectivity index (χ0v) is 13.4. The predicted molar refractivity (Wildman–Crippen MR) is 82.8 cm³/mol. The zero-order chi connectivity index (χ0) is 17.0. The molecule has 1 amide bonds. The molecule has 6 heteroatoms. The second-order valence-corrected chi connectivity index (χ2v) is 6.14. The van der Waals surface area contributed by atoms with Gasteiger partial charge in [0.25, 0.3) is 0 Å². The van der Waals surface area contributed by atoms with Crippen molar-refractivity contribution in [3.63, 3.8) is 0 Å². The summed E-state index contributed by atoms with van der Waals surface area (Å²) >= 11 is 0. The topological polar surface area (TPSA) is 66.8 Å². The maximum atomic E-state index is 13.6. The van der Waals surface area contributed by atoms with E-state index in [1.807, 2.05) is 6.92 Å². The Morgan fingerprint density at radius 1 is 1.39 bits per heavy atom. The van der Waals surface area contributed by atoms with Crippen LogP contribution < -0.4 is 4.74 Å². The molecule has 2 atom stereocenters. The Bertz CT molecular complexity index is 590. The Balaban J connectivity index is 1.93. The number of carbonyl (C=O) groups excluding carboxylic acids is 1. The van der Waals surface area contributed by atoms with Crippen LogP contribution in [0.1, 0.15) is 25.3 Å². The number of carboxylic acids is 1. The number of likely N-dealkylation sites (tertiary alicyclic amines) is 1. The van der Waals surface area contributed by atoms with Crippen LogP contribution in [0.2, 0.25) is 0 Å². The fraction of sp³-hybridized carbons (Fsp3) is 0.529. The standard InChI is InChI=1S/C17H22FNO4/c1-11-7-13(17(21)22)10-19(9-11)16(20)6-4-12-3-5-15(23-2)14(18)8-12/h3,5,8,11,13H,4,6-7,9-10H2,1-2H3,(H,21,22). The normalized spacial score (nSPS) is 21.1. The van der Waals surface area contributed by atoms with Crippen molar-refractivity contribution < 1.29 is 23.8 Å². The van der Waals surface area contributed by atoms with E-state index in [0.717, 1.165) is 5.56 Å². The zero-order valence-electron chi connectivity index (χ0n) is 13.4. The number of aryl methyl sites for hydroxylation is 1. The number of piperidine rings is 1.